The van der Waals surface area contributed by atoms with Crippen LogP contribution in [0.3, 0.4) is 0 Å². The molecule has 0 fully saturated rings. The standard InChI is InChI=1S/C25H21N7O3S/c1-13-7-16(17-8-14(2)27-12-21(17)35-4)18(10-26-13)23(33)32-25-30-20-11-29-22(31-24(20)36-25)19-6-5-15(34-3)9-28-19/h5-12H,1-4H3,(H,30,32,33). The molecule has 5 aromatic heterocycles. The van der Waals surface area contributed by atoms with Crippen LogP contribution >= 0.6 is 11.3 Å². The van der Waals surface area contributed by atoms with Gasteiger partial charge in [0, 0.05) is 28.7 Å². The molecule has 1 amide bonds. The maximum Gasteiger partial charge on any atom is 0.259 e. The normalized spacial score (nSPS) is 10.9. The van der Waals surface area contributed by atoms with Crippen molar-refractivity contribution in [1.29, 1.82) is 0 Å². The third kappa shape index (κ3) is 4.56. The molecule has 0 unspecified atom stereocenters. The first kappa shape index (κ1) is 23.2. The van der Waals surface area contributed by atoms with Gasteiger partial charge in [0.05, 0.1) is 38.4 Å². The van der Waals surface area contributed by atoms with Crippen molar-refractivity contribution in [2.24, 2.45) is 0 Å². The molecule has 36 heavy (non-hydrogen) atoms. The van der Waals surface area contributed by atoms with Crippen molar-refractivity contribution in [2.75, 3.05) is 19.5 Å². The topological polar surface area (TPSA) is 125 Å². The highest BCUT2D eigenvalue weighted by atomic mass is 32.1. The van der Waals surface area contributed by atoms with Gasteiger partial charge in [-0.25, -0.2) is 19.9 Å². The van der Waals surface area contributed by atoms with Crippen molar-refractivity contribution in [2.45, 2.75) is 13.8 Å². The largest absolute Gasteiger partial charge is 0.495 e. The van der Waals surface area contributed by atoms with Crippen LogP contribution < -0.4 is 14.8 Å². The Morgan fingerprint density at radius 1 is 0.861 bits per heavy atom. The second kappa shape index (κ2) is 9.62. The third-order valence-electron chi connectivity index (χ3n) is 5.37. The van der Waals surface area contributed by atoms with Crippen LogP contribution in [0.5, 0.6) is 11.5 Å². The number of aromatic nitrogens is 6. The number of pyridine rings is 3. The molecular formula is C25H21N7O3S. The van der Waals surface area contributed by atoms with Gasteiger partial charge >= 0.3 is 0 Å². The van der Waals surface area contributed by atoms with Crippen LogP contribution in [0, 0.1) is 13.8 Å². The van der Waals surface area contributed by atoms with E-state index in [0.29, 0.717) is 49.6 Å². The van der Waals surface area contributed by atoms with Crippen LogP contribution in [0.2, 0.25) is 0 Å². The number of anilines is 1. The van der Waals surface area contributed by atoms with Gasteiger partial charge < -0.3 is 9.47 Å². The van der Waals surface area contributed by atoms with E-state index in [-0.39, 0.29) is 5.91 Å². The molecule has 5 aromatic rings. The van der Waals surface area contributed by atoms with E-state index >= 15 is 0 Å². The highest BCUT2D eigenvalue weighted by Gasteiger charge is 2.19. The molecule has 180 valence electrons. The van der Waals surface area contributed by atoms with Gasteiger partial charge in [-0.2, -0.15) is 0 Å². The number of carbonyl (C=O) groups is 1. The number of amides is 1. The summed E-state index contributed by atoms with van der Waals surface area (Å²) < 4.78 is 10.6. The molecule has 0 atom stereocenters. The molecule has 5 heterocycles. The zero-order valence-corrected chi connectivity index (χ0v) is 20.8. The Balaban J connectivity index is 1.46. The fraction of sp³-hybridized carbons (Fsp3) is 0.160. The van der Waals surface area contributed by atoms with E-state index in [1.807, 2.05) is 26.0 Å². The van der Waals surface area contributed by atoms with Crippen LogP contribution in [0.1, 0.15) is 21.7 Å². The van der Waals surface area contributed by atoms with Crippen molar-refractivity contribution in [3.63, 3.8) is 0 Å². The molecular weight excluding hydrogens is 478 g/mol. The first-order chi connectivity index (χ1) is 17.4. The molecule has 5 rings (SSSR count). The molecule has 0 aromatic carbocycles. The molecule has 0 aliphatic carbocycles. The average molecular weight is 500 g/mol. The van der Waals surface area contributed by atoms with Crippen LogP contribution in [0.4, 0.5) is 5.13 Å². The molecule has 10 nitrogen and oxygen atoms in total. The summed E-state index contributed by atoms with van der Waals surface area (Å²) in [4.78, 5) is 40.3. The Morgan fingerprint density at radius 3 is 2.36 bits per heavy atom. The lowest BCUT2D eigenvalue weighted by Gasteiger charge is -2.13. The zero-order valence-electron chi connectivity index (χ0n) is 19.9. The van der Waals surface area contributed by atoms with Gasteiger partial charge in [0.2, 0.25) is 0 Å². The first-order valence-corrected chi connectivity index (χ1v) is 11.7. The van der Waals surface area contributed by atoms with E-state index in [1.165, 1.54) is 11.3 Å². The quantitative estimate of drug-likeness (QED) is 0.360. The Labute approximate surface area is 210 Å². The number of thiazole rings is 1. The van der Waals surface area contributed by atoms with Crippen LogP contribution in [-0.2, 0) is 0 Å². The average Bonchev–Trinajstić information content (AvgIpc) is 3.30. The molecule has 0 aliphatic heterocycles. The Kier molecular flexibility index (Phi) is 6.21. The lowest BCUT2D eigenvalue weighted by Crippen LogP contribution is -2.14. The molecule has 1 N–H and O–H groups in total. The van der Waals surface area contributed by atoms with Crippen LogP contribution in [0.15, 0.2) is 49.1 Å². The maximum absolute atomic E-state index is 13.3. The number of rotatable bonds is 6. The number of nitrogens with one attached hydrogen (secondary N) is 1. The number of hydrogen-bond acceptors (Lipinski definition) is 10. The van der Waals surface area contributed by atoms with Crippen molar-refractivity contribution >= 4 is 32.7 Å². The summed E-state index contributed by atoms with van der Waals surface area (Å²) in [7, 11) is 3.15. The van der Waals surface area contributed by atoms with E-state index in [0.717, 1.165) is 17.0 Å². The second-order valence-electron chi connectivity index (χ2n) is 7.84. The van der Waals surface area contributed by atoms with Gasteiger partial charge in [-0.05, 0) is 38.1 Å². The van der Waals surface area contributed by atoms with E-state index in [4.69, 9.17) is 9.47 Å². The fourth-order valence-corrected chi connectivity index (χ4v) is 4.40. The number of hydrogen-bond donors (Lipinski definition) is 1. The Hall–Kier alpha value is -4.51. The SMILES string of the molecule is COc1ccc(-c2ncc3nc(NC(=O)c4cnc(C)cc4-c4cc(C)ncc4OC)sc3n2)nc1. The number of nitrogens with zero attached hydrogens (tertiary/aromatic N) is 6. The molecule has 0 spiro atoms. The summed E-state index contributed by atoms with van der Waals surface area (Å²) in [6.45, 7) is 3.75. The molecule has 11 heteroatoms. The second-order valence-corrected chi connectivity index (χ2v) is 8.82. The summed E-state index contributed by atoms with van der Waals surface area (Å²) in [6.07, 6.45) is 6.41. The smallest absolute Gasteiger partial charge is 0.259 e. The molecule has 0 aliphatic rings. The monoisotopic (exact) mass is 499 g/mol. The van der Waals surface area contributed by atoms with Crippen LogP contribution in [-0.4, -0.2) is 50.0 Å². The van der Waals surface area contributed by atoms with Gasteiger partial charge in [-0.3, -0.25) is 20.1 Å². The van der Waals surface area contributed by atoms with Gasteiger partial charge in [0.15, 0.2) is 11.0 Å². The highest BCUT2D eigenvalue weighted by molar-refractivity contribution is 7.22. The van der Waals surface area contributed by atoms with E-state index in [2.05, 4.69) is 35.2 Å². The van der Waals surface area contributed by atoms with Crippen LogP contribution in [0.25, 0.3) is 33.0 Å². The summed E-state index contributed by atoms with van der Waals surface area (Å²) >= 11 is 1.25. The first-order valence-electron chi connectivity index (χ1n) is 10.9. The minimum Gasteiger partial charge on any atom is -0.495 e. The van der Waals surface area contributed by atoms with Gasteiger partial charge in [0.25, 0.3) is 5.91 Å². The summed E-state index contributed by atoms with van der Waals surface area (Å²) in [5, 5.41) is 3.27. The fourth-order valence-electron chi connectivity index (χ4n) is 3.59. The van der Waals surface area contributed by atoms with Crippen molar-refractivity contribution < 1.29 is 14.3 Å². The van der Waals surface area contributed by atoms with E-state index in [1.54, 1.807) is 51.1 Å². The lowest BCUT2D eigenvalue weighted by molar-refractivity contribution is 0.102. The Morgan fingerprint density at radius 2 is 1.64 bits per heavy atom. The molecule has 0 radical (unpaired) electrons. The summed E-state index contributed by atoms with van der Waals surface area (Å²) in [6, 6.07) is 7.31. The van der Waals surface area contributed by atoms with Gasteiger partial charge in [-0.15, -0.1) is 0 Å². The number of ether oxygens (including phenoxy) is 2. The number of carbonyl (C=O) groups excluding carboxylic acids is 1. The lowest BCUT2D eigenvalue weighted by atomic mass is 9.99. The molecule has 0 saturated heterocycles. The number of fused-ring (bicyclic) bond motifs is 1. The predicted molar refractivity (Wildman–Crippen MR) is 136 cm³/mol. The molecule has 0 bridgehead atoms. The van der Waals surface area contributed by atoms with Crippen molar-refractivity contribution in [1.82, 2.24) is 29.9 Å². The Bertz CT molecular complexity index is 1590. The zero-order chi connectivity index (χ0) is 25.2. The summed E-state index contributed by atoms with van der Waals surface area (Å²) in [5.74, 6) is 1.32. The highest BCUT2D eigenvalue weighted by Crippen LogP contribution is 2.33. The number of methoxy groups -OCH3 is 2. The molecule has 0 saturated carbocycles. The summed E-state index contributed by atoms with van der Waals surface area (Å²) in [5.41, 5.74) is 4.59. The minimum atomic E-state index is -0.349. The van der Waals surface area contributed by atoms with Crippen molar-refractivity contribution in [3.8, 4) is 34.1 Å². The van der Waals surface area contributed by atoms with Gasteiger partial charge in [-0.1, -0.05) is 11.3 Å². The minimum absolute atomic E-state index is 0.349. The van der Waals surface area contributed by atoms with E-state index < -0.39 is 0 Å². The third-order valence-corrected chi connectivity index (χ3v) is 6.25. The predicted octanol–water partition coefficient (Wildman–Crippen LogP) is 4.49. The van der Waals surface area contributed by atoms with E-state index in [9.17, 15) is 4.79 Å². The van der Waals surface area contributed by atoms with Gasteiger partial charge in [0.1, 0.15) is 27.5 Å². The maximum atomic E-state index is 13.3. The van der Waals surface area contributed by atoms with Crippen molar-refractivity contribution in [3.05, 3.63) is 66.0 Å². The number of aryl methyl sites for hydroxylation is 2.